The monoisotopic (exact) mass is 387 g/mol. The molecule has 0 radical (unpaired) electrons. The van der Waals surface area contributed by atoms with Crippen LogP contribution in [0.2, 0.25) is 0 Å². The van der Waals surface area contributed by atoms with Crippen molar-refractivity contribution in [2.75, 3.05) is 0 Å². The van der Waals surface area contributed by atoms with E-state index in [1.807, 2.05) is 0 Å². The molecule has 0 spiro atoms. The first kappa shape index (κ1) is 17.7. The van der Waals surface area contributed by atoms with Gasteiger partial charge in [-0.05, 0) is 60.0 Å². The normalized spacial score (nSPS) is 14.6. The van der Waals surface area contributed by atoms with E-state index >= 15 is 0 Å². The number of rotatable bonds is 6. The van der Waals surface area contributed by atoms with Crippen LogP contribution in [0.25, 0.3) is 5.69 Å². The van der Waals surface area contributed by atoms with Gasteiger partial charge in [0.15, 0.2) is 0 Å². The van der Waals surface area contributed by atoms with E-state index in [1.54, 1.807) is 37.3 Å². The number of halogens is 1. The molecule has 27 heavy (non-hydrogen) atoms. The quantitative estimate of drug-likeness (QED) is 0.649. The second kappa shape index (κ2) is 6.82. The molecule has 0 saturated heterocycles. The maximum atomic E-state index is 14.1. The summed E-state index contributed by atoms with van der Waals surface area (Å²) in [5.74, 6) is -0.399. The topological polar surface area (TPSA) is 81.0 Å². The Hall–Kier alpha value is -2.65. The molecule has 0 N–H and O–H groups in total. The van der Waals surface area contributed by atoms with E-state index in [0.29, 0.717) is 11.3 Å². The van der Waals surface area contributed by atoms with Crippen LogP contribution in [0, 0.1) is 12.7 Å². The zero-order valence-electron chi connectivity index (χ0n) is 14.7. The van der Waals surface area contributed by atoms with Gasteiger partial charge in [-0.15, -0.1) is 5.10 Å². The van der Waals surface area contributed by atoms with Gasteiger partial charge in [-0.2, -0.15) is 4.31 Å². The summed E-state index contributed by atoms with van der Waals surface area (Å²) in [6, 6.07) is 11.0. The van der Waals surface area contributed by atoms with Crippen LogP contribution in [0.3, 0.4) is 0 Å². The summed E-state index contributed by atoms with van der Waals surface area (Å²) < 4.78 is 43.4. The minimum atomic E-state index is -3.76. The summed E-state index contributed by atoms with van der Waals surface area (Å²) in [4.78, 5) is 0.181. The predicted octanol–water partition coefficient (Wildman–Crippen LogP) is 2.46. The summed E-state index contributed by atoms with van der Waals surface area (Å²) in [5, 5.41) is 11.0. The van der Waals surface area contributed by atoms with Crippen LogP contribution < -0.4 is 0 Å². The van der Waals surface area contributed by atoms with E-state index in [2.05, 4.69) is 15.5 Å². The summed E-state index contributed by atoms with van der Waals surface area (Å²) in [5.41, 5.74) is 1.80. The summed E-state index contributed by atoms with van der Waals surface area (Å²) in [6.07, 6.45) is 3.02. The zero-order valence-corrected chi connectivity index (χ0v) is 15.5. The first-order valence-corrected chi connectivity index (χ1v) is 10.00. The Bertz CT molecular complexity index is 1070. The zero-order chi connectivity index (χ0) is 19.0. The summed E-state index contributed by atoms with van der Waals surface area (Å²) in [7, 11) is -3.76. The van der Waals surface area contributed by atoms with Crippen molar-refractivity contribution in [2.24, 2.45) is 0 Å². The molecule has 1 saturated carbocycles. The number of aromatic nitrogens is 4. The van der Waals surface area contributed by atoms with Crippen molar-refractivity contribution in [3.8, 4) is 5.69 Å². The number of hydrogen-bond acceptors (Lipinski definition) is 5. The molecular formula is C18H18FN5O2S. The lowest BCUT2D eigenvalue weighted by Gasteiger charge is -2.23. The lowest BCUT2D eigenvalue weighted by atomic mass is 10.2. The number of sulfonamides is 1. The van der Waals surface area contributed by atoms with Gasteiger partial charge in [-0.3, -0.25) is 0 Å². The van der Waals surface area contributed by atoms with E-state index in [1.165, 1.54) is 27.4 Å². The SMILES string of the molecule is Cc1cc(S(=O)(=O)N(Cc2ccccc2F)C2CC2)ccc1-n1cnnn1. The molecule has 1 fully saturated rings. The third kappa shape index (κ3) is 3.47. The lowest BCUT2D eigenvalue weighted by molar-refractivity contribution is 0.391. The Morgan fingerprint density at radius 1 is 1.22 bits per heavy atom. The Balaban J connectivity index is 1.68. The van der Waals surface area contributed by atoms with Gasteiger partial charge in [-0.25, -0.2) is 17.5 Å². The van der Waals surface area contributed by atoms with Crippen molar-refractivity contribution >= 4 is 10.0 Å². The highest BCUT2D eigenvalue weighted by atomic mass is 32.2. The molecule has 0 bridgehead atoms. The van der Waals surface area contributed by atoms with Gasteiger partial charge in [0, 0.05) is 18.2 Å². The van der Waals surface area contributed by atoms with E-state index in [-0.39, 0.29) is 17.5 Å². The molecule has 4 rings (SSSR count). The Morgan fingerprint density at radius 2 is 2.00 bits per heavy atom. The standard InChI is InChI=1S/C18H18FN5O2S/c1-13-10-16(8-9-18(13)23-12-20-21-22-23)27(25,26)24(15-6-7-15)11-14-4-2-3-5-17(14)19/h2-5,8-10,12,15H,6-7,11H2,1H3. The fraction of sp³-hybridized carbons (Fsp3) is 0.278. The second-order valence-corrected chi connectivity index (χ2v) is 8.47. The highest BCUT2D eigenvalue weighted by Crippen LogP contribution is 2.34. The van der Waals surface area contributed by atoms with Crippen LogP contribution in [0.4, 0.5) is 4.39 Å². The van der Waals surface area contributed by atoms with Crippen molar-refractivity contribution in [3.05, 3.63) is 65.7 Å². The van der Waals surface area contributed by atoms with Gasteiger partial charge >= 0.3 is 0 Å². The van der Waals surface area contributed by atoms with Crippen molar-refractivity contribution < 1.29 is 12.8 Å². The molecule has 1 heterocycles. The first-order chi connectivity index (χ1) is 13.0. The summed E-state index contributed by atoms with van der Waals surface area (Å²) in [6.45, 7) is 1.82. The van der Waals surface area contributed by atoms with E-state index < -0.39 is 15.8 Å². The van der Waals surface area contributed by atoms with Crippen LogP contribution >= 0.6 is 0 Å². The van der Waals surface area contributed by atoms with E-state index in [9.17, 15) is 12.8 Å². The van der Waals surface area contributed by atoms with Crippen LogP contribution in [0.15, 0.2) is 53.7 Å². The fourth-order valence-corrected chi connectivity index (χ4v) is 4.77. The third-order valence-electron chi connectivity index (χ3n) is 4.61. The number of nitrogens with zero attached hydrogens (tertiary/aromatic N) is 5. The molecule has 0 unspecified atom stereocenters. The maximum absolute atomic E-state index is 14.1. The largest absolute Gasteiger partial charge is 0.243 e. The van der Waals surface area contributed by atoms with Crippen LogP contribution in [-0.2, 0) is 16.6 Å². The molecule has 0 amide bonds. The average molecular weight is 387 g/mol. The fourth-order valence-electron chi connectivity index (χ4n) is 3.02. The molecule has 0 aliphatic heterocycles. The number of benzene rings is 2. The van der Waals surface area contributed by atoms with Gasteiger partial charge in [0.25, 0.3) is 0 Å². The van der Waals surface area contributed by atoms with E-state index in [0.717, 1.165) is 18.4 Å². The average Bonchev–Trinajstić information content (AvgIpc) is 3.34. The molecule has 0 atom stereocenters. The minimum absolute atomic E-state index is 0.0213. The van der Waals surface area contributed by atoms with Crippen molar-refractivity contribution in [3.63, 3.8) is 0 Å². The molecule has 1 aromatic heterocycles. The van der Waals surface area contributed by atoms with E-state index in [4.69, 9.17) is 0 Å². The molecule has 7 nitrogen and oxygen atoms in total. The highest BCUT2D eigenvalue weighted by molar-refractivity contribution is 7.89. The minimum Gasteiger partial charge on any atom is -0.207 e. The van der Waals surface area contributed by atoms with Crippen molar-refractivity contribution in [2.45, 2.75) is 37.2 Å². The number of tetrazole rings is 1. The lowest BCUT2D eigenvalue weighted by Crippen LogP contribution is -2.33. The molecular weight excluding hydrogens is 369 g/mol. The predicted molar refractivity (Wildman–Crippen MR) is 96.0 cm³/mol. The van der Waals surface area contributed by atoms with Crippen molar-refractivity contribution in [1.82, 2.24) is 24.5 Å². The molecule has 1 aliphatic carbocycles. The third-order valence-corrected chi connectivity index (χ3v) is 6.50. The van der Waals surface area contributed by atoms with Gasteiger partial charge in [0.2, 0.25) is 10.0 Å². The molecule has 2 aromatic carbocycles. The van der Waals surface area contributed by atoms with Crippen LogP contribution in [0.1, 0.15) is 24.0 Å². The van der Waals surface area contributed by atoms with Gasteiger partial charge in [-0.1, -0.05) is 18.2 Å². The molecule has 140 valence electrons. The molecule has 3 aromatic rings. The Morgan fingerprint density at radius 3 is 2.63 bits per heavy atom. The maximum Gasteiger partial charge on any atom is 0.243 e. The summed E-state index contributed by atoms with van der Waals surface area (Å²) >= 11 is 0. The van der Waals surface area contributed by atoms with Crippen molar-refractivity contribution in [1.29, 1.82) is 0 Å². The first-order valence-electron chi connectivity index (χ1n) is 8.56. The molecule has 1 aliphatic rings. The Labute approximate surface area is 156 Å². The number of hydrogen-bond donors (Lipinski definition) is 0. The van der Waals surface area contributed by atoms with Gasteiger partial charge in [0.1, 0.15) is 12.1 Å². The van der Waals surface area contributed by atoms with Crippen LogP contribution in [-0.4, -0.2) is 39.0 Å². The Kier molecular flexibility index (Phi) is 4.48. The van der Waals surface area contributed by atoms with Crippen LogP contribution in [0.5, 0.6) is 0 Å². The number of aryl methyl sites for hydroxylation is 1. The highest BCUT2D eigenvalue weighted by Gasteiger charge is 2.38. The van der Waals surface area contributed by atoms with Gasteiger partial charge < -0.3 is 0 Å². The second-order valence-electron chi connectivity index (χ2n) is 6.58. The van der Waals surface area contributed by atoms with Gasteiger partial charge in [0.05, 0.1) is 10.6 Å². The molecule has 9 heteroatoms. The smallest absolute Gasteiger partial charge is 0.207 e.